The van der Waals surface area contributed by atoms with Crippen molar-refractivity contribution in [3.63, 3.8) is 0 Å². The Morgan fingerprint density at radius 2 is 1.84 bits per heavy atom. The molecule has 2 amide bonds. The normalized spacial score (nSPS) is 10.4. The summed E-state index contributed by atoms with van der Waals surface area (Å²) in [7, 11) is 0. The first-order valence-corrected chi connectivity index (χ1v) is 8.70. The Balaban J connectivity index is 1.97. The number of halogens is 1. The molecule has 2 rings (SSSR count). The van der Waals surface area contributed by atoms with Crippen LogP contribution in [0.4, 0.5) is 0 Å². The van der Waals surface area contributed by atoms with E-state index in [0.717, 1.165) is 5.56 Å². The van der Waals surface area contributed by atoms with E-state index >= 15 is 0 Å². The summed E-state index contributed by atoms with van der Waals surface area (Å²) in [6.45, 7) is 5.55. The lowest BCUT2D eigenvalue weighted by atomic mass is 10.1. The summed E-state index contributed by atoms with van der Waals surface area (Å²) in [6.07, 6.45) is 3.63. The van der Waals surface area contributed by atoms with E-state index in [0.29, 0.717) is 42.2 Å². The maximum Gasteiger partial charge on any atom is 0.255 e. The van der Waals surface area contributed by atoms with Gasteiger partial charge in [-0.15, -0.1) is 0 Å². The van der Waals surface area contributed by atoms with Crippen molar-refractivity contribution in [2.24, 2.45) is 0 Å². The van der Waals surface area contributed by atoms with Crippen LogP contribution in [0.5, 0.6) is 0 Å². The number of nitrogens with zero attached hydrogens (tertiary/aromatic N) is 2. The molecule has 1 N–H and O–H groups in total. The van der Waals surface area contributed by atoms with Gasteiger partial charge in [0.1, 0.15) is 0 Å². The Morgan fingerprint density at radius 1 is 1.12 bits per heavy atom. The van der Waals surface area contributed by atoms with Crippen molar-refractivity contribution in [2.75, 3.05) is 19.6 Å². The molecule has 25 heavy (non-hydrogen) atoms. The topological polar surface area (TPSA) is 62.3 Å². The molecule has 1 aromatic heterocycles. The minimum Gasteiger partial charge on any atom is -0.352 e. The molecule has 1 heterocycles. The van der Waals surface area contributed by atoms with Crippen molar-refractivity contribution in [3.8, 4) is 0 Å². The van der Waals surface area contributed by atoms with Gasteiger partial charge in [-0.25, -0.2) is 0 Å². The molecule has 2 aromatic rings. The molecule has 0 atom stereocenters. The first-order valence-electron chi connectivity index (χ1n) is 8.32. The lowest BCUT2D eigenvalue weighted by molar-refractivity contribution is 0.0772. The number of amides is 2. The maximum absolute atomic E-state index is 12.4. The molecule has 0 radical (unpaired) electrons. The zero-order valence-corrected chi connectivity index (χ0v) is 15.2. The van der Waals surface area contributed by atoms with Crippen LogP contribution in [0.15, 0.2) is 42.7 Å². The van der Waals surface area contributed by atoms with E-state index < -0.39 is 0 Å². The van der Waals surface area contributed by atoms with Gasteiger partial charge in [0.25, 0.3) is 11.8 Å². The van der Waals surface area contributed by atoms with Gasteiger partial charge >= 0.3 is 0 Å². The van der Waals surface area contributed by atoms with E-state index in [1.807, 2.05) is 38.1 Å². The number of carbonyl (C=O) groups is 2. The second kappa shape index (κ2) is 9.18. The Morgan fingerprint density at radius 3 is 2.52 bits per heavy atom. The number of benzene rings is 1. The number of aromatic nitrogens is 1. The predicted molar refractivity (Wildman–Crippen MR) is 99.0 cm³/mol. The molecular formula is C19H22ClN3O2. The summed E-state index contributed by atoms with van der Waals surface area (Å²) in [6, 6.07) is 9.11. The van der Waals surface area contributed by atoms with Crippen LogP contribution < -0.4 is 5.32 Å². The van der Waals surface area contributed by atoms with Gasteiger partial charge in [0.2, 0.25) is 0 Å². The Bertz CT molecular complexity index is 745. The average molecular weight is 360 g/mol. The van der Waals surface area contributed by atoms with Gasteiger partial charge in [0, 0.05) is 37.1 Å². The number of hydrogen-bond acceptors (Lipinski definition) is 3. The van der Waals surface area contributed by atoms with E-state index in [2.05, 4.69) is 10.3 Å². The smallest absolute Gasteiger partial charge is 0.255 e. The van der Waals surface area contributed by atoms with Gasteiger partial charge in [0.15, 0.2) is 0 Å². The summed E-state index contributed by atoms with van der Waals surface area (Å²) < 4.78 is 0. The van der Waals surface area contributed by atoms with E-state index in [1.165, 1.54) is 12.4 Å². The third-order valence-corrected chi connectivity index (χ3v) is 4.12. The molecule has 0 aliphatic heterocycles. The Labute approximate surface area is 153 Å². The van der Waals surface area contributed by atoms with E-state index in [4.69, 9.17) is 11.6 Å². The highest BCUT2D eigenvalue weighted by molar-refractivity contribution is 6.30. The second-order valence-corrected chi connectivity index (χ2v) is 6.01. The molecule has 6 heteroatoms. The lowest BCUT2D eigenvalue weighted by Crippen LogP contribution is -2.31. The van der Waals surface area contributed by atoms with E-state index in [1.54, 1.807) is 11.0 Å². The molecule has 1 aromatic carbocycles. The number of nitrogens with one attached hydrogen (secondary N) is 1. The second-order valence-electron chi connectivity index (χ2n) is 5.58. The van der Waals surface area contributed by atoms with Crippen LogP contribution in [-0.2, 0) is 6.42 Å². The molecule has 0 bridgehead atoms. The van der Waals surface area contributed by atoms with Crippen LogP contribution in [0.25, 0.3) is 0 Å². The first-order chi connectivity index (χ1) is 12.0. The fraction of sp³-hybridized carbons (Fsp3) is 0.316. The number of rotatable bonds is 7. The largest absolute Gasteiger partial charge is 0.352 e. The number of hydrogen-bond donors (Lipinski definition) is 1. The summed E-state index contributed by atoms with van der Waals surface area (Å²) in [5.74, 6) is -0.366. The van der Waals surface area contributed by atoms with Gasteiger partial charge in [-0.05, 0) is 44.0 Å². The quantitative estimate of drug-likeness (QED) is 0.825. The van der Waals surface area contributed by atoms with Gasteiger partial charge in [-0.3, -0.25) is 14.6 Å². The van der Waals surface area contributed by atoms with E-state index in [-0.39, 0.29) is 11.8 Å². The summed E-state index contributed by atoms with van der Waals surface area (Å²) in [5.41, 5.74) is 1.85. The Hall–Kier alpha value is -2.40. The molecule has 0 fully saturated rings. The molecule has 5 nitrogen and oxygen atoms in total. The number of pyridine rings is 1. The van der Waals surface area contributed by atoms with Gasteiger partial charge in [0.05, 0.1) is 11.1 Å². The molecule has 0 aliphatic carbocycles. The summed E-state index contributed by atoms with van der Waals surface area (Å²) in [4.78, 5) is 30.4. The Kier molecular flexibility index (Phi) is 6.95. The van der Waals surface area contributed by atoms with Crippen LogP contribution >= 0.6 is 11.6 Å². The highest BCUT2D eigenvalue weighted by Gasteiger charge is 2.15. The van der Waals surface area contributed by atoms with Crippen molar-refractivity contribution in [3.05, 3.63) is 64.4 Å². The third-order valence-electron chi connectivity index (χ3n) is 3.89. The van der Waals surface area contributed by atoms with Gasteiger partial charge < -0.3 is 10.2 Å². The fourth-order valence-electron chi connectivity index (χ4n) is 2.49. The molecule has 132 valence electrons. The van der Waals surface area contributed by atoms with Gasteiger partial charge in [-0.2, -0.15) is 0 Å². The predicted octanol–water partition coefficient (Wildman–Crippen LogP) is 3.19. The number of carbonyl (C=O) groups excluding carboxylic acids is 2. The molecule has 0 saturated carbocycles. The van der Waals surface area contributed by atoms with Crippen LogP contribution in [0.3, 0.4) is 0 Å². The van der Waals surface area contributed by atoms with Crippen molar-refractivity contribution >= 4 is 23.4 Å². The van der Waals surface area contributed by atoms with Crippen LogP contribution in [-0.4, -0.2) is 41.3 Å². The van der Waals surface area contributed by atoms with E-state index in [9.17, 15) is 9.59 Å². The first kappa shape index (κ1) is 18.9. The van der Waals surface area contributed by atoms with Crippen LogP contribution in [0.1, 0.15) is 40.1 Å². The van der Waals surface area contributed by atoms with Crippen molar-refractivity contribution in [1.29, 1.82) is 0 Å². The molecule has 0 aliphatic rings. The van der Waals surface area contributed by atoms with Crippen LogP contribution in [0.2, 0.25) is 5.02 Å². The highest BCUT2D eigenvalue weighted by atomic mass is 35.5. The third kappa shape index (κ3) is 5.29. The molecule has 0 saturated heterocycles. The summed E-state index contributed by atoms with van der Waals surface area (Å²) in [5, 5.41) is 3.52. The van der Waals surface area contributed by atoms with Crippen molar-refractivity contribution < 1.29 is 9.59 Å². The van der Waals surface area contributed by atoms with Crippen LogP contribution in [0, 0.1) is 0 Å². The zero-order valence-electron chi connectivity index (χ0n) is 14.5. The minimum absolute atomic E-state index is 0.119. The molecule has 0 unspecified atom stereocenters. The molecule has 0 spiro atoms. The summed E-state index contributed by atoms with van der Waals surface area (Å²) >= 11 is 5.95. The maximum atomic E-state index is 12.4. The van der Waals surface area contributed by atoms with Crippen molar-refractivity contribution in [2.45, 2.75) is 20.3 Å². The average Bonchev–Trinajstić information content (AvgIpc) is 2.62. The monoisotopic (exact) mass is 359 g/mol. The molecular weight excluding hydrogens is 338 g/mol. The SMILES string of the molecule is CCN(CC)C(=O)c1cncc(C(=O)NCCc2cccc(Cl)c2)c1. The lowest BCUT2D eigenvalue weighted by Gasteiger charge is -2.18. The minimum atomic E-state index is -0.247. The zero-order chi connectivity index (χ0) is 18.2. The highest BCUT2D eigenvalue weighted by Crippen LogP contribution is 2.11. The van der Waals surface area contributed by atoms with Gasteiger partial charge in [-0.1, -0.05) is 23.7 Å². The fourth-order valence-corrected chi connectivity index (χ4v) is 2.70. The van der Waals surface area contributed by atoms with Crippen molar-refractivity contribution in [1.82, 2.24) is 15.2 Å². The standard InChI is InChI=1S/C19H22ClN3O2/c1-3-23(4-2)19(25)16-11-15(12-21-13-16)18(24)22-9-8-14-6-5-7-17(20)10-14/h5-7,10-13H,3-4,8-9H2,1-2H3,(H,22,24).